The third-order valence-corrected chi connectivity index (χ3v) is 17.7. The van der Waals surface area contributed by atoms with Crippen molar-refractivity contribution in [2.24, 2.45) is 11.8 Å². The lowest BCUT2D eigenvalue weighted by Crippen LogP contribution is -2.30. The number of hydrogen-bond donors (Lipinski definition) is 3. The van der Waals surface area contributed by atoms with Crippen LogP contribution in [0.3, 0.4) is 0 Å². The van der Waals surface area contributed by atoms with Gasteiger partial charge in [-0.25, -0.2) is 9.13 Å². The minimum Gasteiger partial charge on any atom is -0.462 e. The molecule has 17 nitrogen and oxygen atoms in total. The number of aliphatic hydroxyl groups excluding tert-OH is 1. The van der Waals surface area contributed by atoms with E-state index in [9.17, 15) is 43.2 Å². The summed E-state index contributed by atoms with van der Waals surface area (Å²) >= 11 is 0. The van der Waals surface area contributed by atoms with Crippen LogP contribution in [-0.4, -0.2) is 96.7 Å². The third kappa shape index (κ3) is 59.7. The van der Waals surface area contributed by atoms with E-state index < -0.39 is 97.5 Å². The minimum absolute atomic E-state index is 0.105. The topological polar surface area (TPSA) is 237 Å². The number of carbonyl (C=O) groups excluding carboxylic acids is 4. The Hall–Kier alpha value is -1.94. The van der Waals surface area contributed by atoms with Gasteiger partial charge in [-0.2, -0.15) is 0 Å². The van der Waals surface area contributed by atoms with E-state index in [4.69, 9.17) is 37.0 Å². The predicted octanol–water partition coefficient (Wildman–Crippen LogP) is 18.8. The van der Waals surface area contributed by atoms with Crippen molar-refractivity contribution in [2.45, 2.75) is 355 Å². The van der Waals surface area contributed by atoms with Crippen LogP contribution in [-0.2, 0) is 65.4 Å². The monoisotopic (exact) mass is 1270 g/mol. The lowest BCUT2D eigenvalue weighted by atomic mass is 9.99. The summed E-state index contributed by atoms with van der Waals surface area (Å²) in [5.41, 5.74) is 0. The molecule has 3 N–H and O–H groups in total. The molecular weight excluding hydrogens is 1140 g/mol. The lowest BCUT2D eigenvalue weighted by molar-refractivity contribution is -0.161. The van der Waals surface area contributed by atoms with Crippen LogP contribution >= 0.6 is 15.6 Å². The number of carbonyl (C=O) groups is 4. The van der Waals surface area contributed by atoms with Crippen molar-refractivity contribution in [1.29, 1.82) is 0 Å². The summed E-state index contributed by atoms with van der Waals surface area (Å²) in [6.07, 6.45) is 43.4. The van der Waals surface area contributed by atoms with Crippen LogP contribution < -0.4 is 0 Å². The molecule has 19 heteroatoms. The van der Waals surface area contributed by atoms with Crippen LogP contribution in [0.1, 0.15) is 337 Å². The Labute approximate surface area is 524 Å². The van der Waals surface area contributed by atoms with Gasteiger partial charge in [0, 0.05) is 25.7 Å². The zero-order chi connectivity index (χ0) is 63.6. The summed E-state index contributed by atoms with van der Waals surface area (Å²) < 4.78 is 67.9. The van der Waals surface area contributed by atoms with E-state index in [1.807, 2.05) is 0 Å². The largest absolute Gasteiger partial charge is 0.472 e. The Morgan fingerprint density at radius 3 is 0.884 bits per heavy atom. The average molecular weight is 1270 g/mol. The first-order chi connectivity index (χ1) is 41.4. The second kappa shape index (κ2) is 59.4. The number of rotatable bonds is 66. The van der Waals surface area contributed by atoms with Crippen LogP contribution in [0, 0.1) is 11.8 Å². The zero-order valence-corrected chi connectivity index (χ0v) is 57.4. The summed E-state index contributed by atoms with van der Waals surface area (Å²) in [5.74, 6) is -0.524. The number of ether oxygens (including phenoxy) is 4. The van der Waals surface area contributed by atoms with Gasteiger partial charge in [0.05, 0.1) is 26.4 Å². The van der Waals surface area contributed by atoms with E-state index in [1.165, 1.54) is 148 Å². The van der Waals surface area contributed by atoms with Gasteiger partial charge >= 0.3 is 39.5 Å². The van der Waals surface area contributed by atoms with Crippen molar-refractivity contribution in [1.82, 2.24) is 0 Å². The number of esters is 4. The molecule has 6 atom stereocenters. The molecule has 0 spiro atoms. The molecule has 3 unspecified atom stereocenters. The van der Waals surface area contributed by atoms with Gasteiger partial charge in [-0.1, -0.05) is 286 Å². The van der Waals surface area contributed by atoms with Gasteiger partial charge in [0.25, 0.3) is 0 Å². The van der Waals surface area contributed by atoms with Gasteiger partial charge in [0.1, 0.15) is 19.3 Å². The van der Waals surface area contributed by atoms with E-state index in [0.29, 0.717) is 25.7 Å². The molecule has 0 aromatic rings. The van der Waals surface area contributed by atoms with E-state index >= 15 is 0 Å². The molecule has 0 aromatic carbocycles. The number of aliphatic hydroxyl groups is 1. The molecule has 0 amide bonds. The molecule has 0 aromatic heterocycles. The Kier molecular flexibility index (Phi) is 58.0. The van der Waals surface area contributed by atoms with Crippen LogP contribution in [0.25, 0.3) is 0 Å². The third-order valence-electron chi connectivity index (χ3n) is 15.8. The molecule has 0 heterocycles. The molecule has 86 heavy (non-hydrogen) atoms. The number of phosphoric ester groups is 2. The van der Waals surface area contributed by atoms with Crippen LogP contribution in [0.4, 0.5) is 0 Å². The lowest BCUT2D eigenvalue weighted by Gasteiger charge is -2.21. The minimum atomic E-state index is -4.95. The molecule has 0 saturated carbocycles. The Balaban J connectivity index is 5.15. The maximum atomic E-state index is 13.0. The summed E-state index contributed by atoms with van der Waals surface area (Å²) in [6.45, 7) is 9.48. The van der Waals surface area contributed by atoms with Crippen molar-refractivity contribution >= 4 is 39.5 Å². The van der Waals surface area contributed by atoms with Crippen molar-refractivity contribution < 1.29 is 80.2 Å². The highest BCUT2D eigenvalue weighted by Crippen LogP contribution is 2.45. The van der Waals surface area contributed by atoms with Crippen molar-refractivity contribution in [3.05, 3.63) is 0 Å². The fourth-order valence-electron chi connectivity index (χ4n) is 10.0. The highest BCUT2D eigenvalue weighted by Gasteiger charge is 2.30. The van der Waals surface area contributed by atoms with Gasteiger partial charge < -0.3 is 33.8 Å². The molecule has 0 saturated heterocycles. The molecule has 0 fully saturated rings. The molecule has 0 aliphatic rings. The first kappa shape index (κ1) is 84.1. The molecule has 0 bridgehead atoms. The standard InChI is InChI=1S/C67H130O17P2/c1-7-10-12-14-15-25-33-39-45-51-66(71)83-62(55-77-64(69)49-43-35-13-11-8-2)57-81-85(73,74)79-53-61(68)54-80-86(75,76)82-58-63(56-78-65(70)50-44-38-32-28-24-20-21-26-30-36-41-47-59(4)5)84-67(72)52-46-40-34-29-23-19-17-16-18-22-27-31-37-42-48-60(6)9-3/h59-63,68H,7-58H2,1-6H3,(H,73,74)(H,75,76)/t60?,61-,62+,63+/m0/s1. The Morgan fingerprint density at radius 2 is 0.593 bits per heavy atom. The van der Waals surface area contributed by atoms with E-state index in [2.05, 4.69) is 41.5 Å². The zero-order valence-electron chi connectivity index (χ0n) is 55.6. The molecular formula is C67H130O17P2. The van der Waals surface area contributed by atoms with Gasteiger partial charge in [-0.3, -0.25) is 37.3 Å². The highest BCUT2D eigenvalue weighted by molar-refractivity contribution is 7.47. The number of hydrogen-bond acceptors (Lipinski definition) is 15. The summed E-state index contributed by atoms with van der Waals surface area (Å²) in [6, 6.07) is 0. The van der Waals surface area contributed by atoms with E-state index in [1.54, 1.807) is 0 Å². The fourth-order valence-corrected chi connectivity index (χ4v) is 11.6. The average Bonchev–Trinajstić information content (AvgIpc) is 3.69. The summed E-state index contributed by atoms with van der Waals surface area (Å²) in [5, 5.41) is 10.5. The van der Waals surface area contributed by atoms with Gasteiger partial charge in [0.2, 0.25) is 0 Å². The molecule has 0 radical (unpaired) electrons. The Morgan fingerprint density at radius 1 is 0.337 bits per heavy atom. The molecule has 0 aliphatic heterocycles. The van der Waals surface area contributed by atoms with Crippen molar-refractivity contribution in [2.75, 3.05) is 39.6 Å². The highest BCUT2D eigenvalue weighted by atomic mass is 31.2. The van der Waals surface area contributed by atoms with Crippen molar-refractivity contribution in [3.8, 4) is 0 Å². The quantitative estimate of drug-likeness (QED) is 0.0222. The SMILES string of the molecule is CCCCCCCCCCCC(=O)O[C@H](COC(=O)CCCCCCC)COP(=O)(O)OC[C@H](O)COP(=O)(O)OC[C@@H](COC(=O)CCCCCCCCCCCCCC(C)C)OC(=O)CCCCCCCCCCCCCCCCC(C)CC. The second-order valence-electron chi connectivity index (χ2n) is 24.9. The maximum absolute atomic E-state index is 13.0. The van der Waals surface area contributed by atoms with E-state index in [-0.39, 0.29) is 25.7 Å². The predicted molar refractivity (Wildman–Crippen MR) is 345 cm³/mol. The normalized spacial score (nSPS) is 14.5. The Bertz CT molecular complexity index is 1690. The summed E-state index contributed by atoms with van der Waals surface area (Å²) in [7, 11) is -9.88. The van der Waals surface area contributed by atoms with E-state index in [0.717, 1.165) is 108 Å². The summed E-state index contributed by atoms with van der Waals surface area (Å²) in [4.78, 5) is 72.1. The maximum Gasteiger partial charge on any atom is 0.472 e. The smallest absolute Gasteiger partial charge is 0.462 e. The van der Waals surface area contributed by atoms with Gasteiger partial charge in [0.15, 0.2) is 12.2 Å². The van der Waals surface area contributed by atoms with Gasteiger partial charge in [-0.15, -0.1) is 0 Å². The van der Waals surface area contributed by atoms with Crippen molar-refractivity contribution in [3.63, 3.8) is 0 Å². The molecule has 0 aliphatic carbocycles. The van der Waals surface area contributed by atoms with Crippen LogP contribution in [0.2, 0.25) is 0 Å². The first-order valence-corrected chi connectivity index (χ1v) is 38.0. The second-order valence-corrected chi connectivity index (χ2v) is 27.8. The fraction of sp³-hybridized carbons (Fsp3) is 0.940. The first-order valence-electron chi connectivity index (χ1n) is 35.0. The van der Waals surface area contributed by atoms with Crippen LogP contribution in [0.15, 0.2) is 0 Å². The molecule has 510 valence electrons. The molecule has 0 rings (SSSR count). The van der Waals surface area contributed by atoms with Crippen LogP contribution in [0.5, 0.6) is 0 Å². The number of unbranched alkanes of at least 4 members (excludes halogenated alkanes) is 35. The number of phosphoric acid groups is 2. The van der Waals surface area contributed by atoms with Gasteiger partial charge in [-0.05, 0) is 37.5 Å².